The molecule has 2 N–H and O–H groups in total. The van der Waals surface area contributed by atoms with Gasteiger partial charge in [-0.2, -0.15) is 0 Å². The van der Waals surface area contributed by atoms with Gasteiger partial charge in [0.25, 0.3) is 0 Å². The highest BCUT2D eigenvalue weighted by Crippen LogP contribution is 2.32. The highest BCUT2D eigenvalue weighted by Gasteiger charge is 2.18. The Balaban J connectivity index is 2.96. The van der Waals surface area contributed by atoms with Crippen LogP contribution in [0.1, 0.15) is 13.8 Å². The lowest BCUT2D eigenvalue weighted by Gasteiger charge is -2.09. The smallest absolute Gasteiger partial charge is 0.333 e. The molecule has 0 spiro atoms. The number of nitrogens with zero attached hydrogens (tertiary/aromatic N) is 1. The Hall–Kier alpha value is -1.78. The van der Waals surface area contributed by atoms with Gasteiger partial charge in [0, 0.05) is 0 Å². The van der Waals surface area contributed by atoms with Crippen LogP contribution in [0.4, 0.5) is 11.4 Å². The maximum absolute atomic E-state index is 10.7. The van der Waals surface area contributed by atoms with Crippen molar-refractivity contribution < 1.29 is 9.66 Å². The van der Waals surface area contributed by atoms with Crippen molar-refractivity contribution in [2.75, 3.05) is 12.3 Å². The number of anilines is 1. The van der Waals surface area contributed by atoms with Gasteiger partial charge in [-0.3, -0.25) is 10.1 Å². The van der Waals surface area contributed by atoms with Crippen molar-refractivity contribution in [2.24, 2.45) is 5.92 Å². The van der Waals surface area contributed by atoms with Crippen LogP contribution in [0.2, 0.25) is 0 Å². The van der Waals surface area contributed by atoms with Crippen molar-refractivity contribution in [1.29, 1.82) is 0 Å². The van der Waals surface area contributed by atoms with E-state index in [0.717, 1.165) is 0 Å². The number of hydrogen-bond donors (Lipinski definition) is 1. The molecule has 1 aromatic carbocycles. The molecule has 0 aliphatic carbocycles. The second-order valence-electron chi connectivity index (χ2n) is 3.66. The van der Waals surface area contributed by atoms with Crippen LogP contribution < -0.4 is 10.5 Å². The summed E-state index contributed by atoms with van der Waals surface area (Å²) in [6.45, 7) is 4.38. The Morgan fingerprint density at radius 3 is 2.73 bits per heavy atom. The number of ether oxygens (including phenoxy) is 1. The van der Waals surface area contributed by atoms with E-state index in [1.54, 1.807) is 12.1 Å². The van der Waals surface area contributed by atoms with E-state index < -0.39 is 4.92 Å². The minimum atomic E-state index is -0.523. The summed E-state index contributed by atoms with van der Waals surface area (Å²) in [6, 6.07) is 4.68. The number of nitro groups is 1. The van der Waals surface area contributed by atoms with Gasteiger partial charge in [0.1, 0.15) is 5.69 Å². The molecule has 0 aliphatic heterocycles. The van der Waals surface area contributed by atoms with Crippen LogP contribution in [0, 0.1) is 16.0 Å². The number of para-hydroxylation sites is 1. The van der Waals surface area contributed by atoms with Crippen LogP contribution >= 0.6 is 0 Å². The number of nitrogens with two attached hydrogens (primary N) is 1. The topological polar surface area (TPSA) is 78.4 Å². The summed E-state index contributed by atoms with van der Waals surface area (Å²) >= 11 is 0. The van der Waals surface area contributed by atoms with Crippen LogP contribution in [0.5, 0.6) is 5.75 Å². The quantitative estimate of drug-likeness (QED) is 0.469. The summed E-state index contributed by atoms with van der Waals surface area (Å²) in [6.07, 6.45) is 0. The zero-order valence-electron chi connectivity index (χ0n) is 8.77. The average molecular weight is 210 g/mol. The van der Waals surface area contributed by atoms with Gasteiger partial charge in [-0.25, -0.2) is 0 Å². The normalized spacial score (nSPS) is 10.3. The van der Waals surface area contributed by atoms with Gasteiger partial charge in [-0.05, 0) is 18.1 Å². The fourth-order valence-electron chi connectivity index (χ4n) is 1.11. The van der Waals surface area contributed by atoms with Gasteiger partial charge < -0.3 is 10.5 Å². The molecule has 0 saturated heterocycles. The molecular formula is C10H14N2O3. The van der Waals surface area contributed by atoms with E-state index in [4.69, 9.17) is 10.5 Å². The average Bonchev–Trinajstić information content (AvgIpc) is 2.13. The Labute approximate surface area is 88.0 Å². The van der Waals surface area contributed by atoms with Crippen LogP contribution in [0.25, 0.3) is 0 Å². The molecule has 0 aromatic heterocycles. The third-order valence-electron chi connectivity index (χ3n) is 1.78. The second-order valence-corrected chi connectivity index (χ2v) is 3.66. The summed E-state index contributed by atoms with van der Waals surface area (Å²) < 4.78 is 5.32. The van der Waals surface area contributed by atoms with E-state index in [-0.39, 0.29) is 17.1 Å². The van der Waals surface area contributed by atoms with Crippen molar-refractivity contribution in [3.8, 4) is 5.75 Å². The molecule has 0 fully saturated rings. The summed E-state index contributed by atoms with van der Waals surface area (Å²) in [7, 11) is 0. The molecule has 5 nitrogen and oxygen atoms in total. The predicted octanol–water partition coefficient (Wildman–Crippen LogP) is 2.21. The standard InChI is InChI=1S/C10H14N2O3/c1-7(2)6-15-9-5-3-4-8(11)10(9)12(13)14/h3-5,7H,6,11H2,1-2H3. The minimum Gasteiger partial charge on any atom is -0.486 e. The Morgan fingerprint density at radius 1 is 1.53 bits per heavy atom. The Kier molecular flexibility index (Phi) is 3.49. The minimum absolute atomic E-state index is 0.126. The summed E-state index contributed by atoms with van der Waals surface area (Å²) in [5.74, 6) is 0.541. The first-order chi connectivity index (χ1) is 7.02. The van der Waals surface area contributed by atoms with Gasteiger partial charge in [-0.15, -0.1) is 0 Å². The van der Waals surface area contributed by atoms with Crippen LogP contribution in [-0.2, 0) is 0 Å². The van der Waals surface area contributed by atoms with Gasteiger partial charge >= 0.3 is 5.69 Å². The molecule has 5 heteroatoms. The molecule has 82 valence electrons. The largest absolute Gasteiger partial charge is 0.486 e. The van der Waals surface area contributed by atoms with Crippen molar-refractivity contribution in [3.63, 3.8) is 0 Å². The fourth-order valence-corrected chi connectivity index (χ4v) is 1.11. The lowest BCUT2D eigenvalue weighted by molar-refractivity contribution is -0.384. The van der Waals surface area contributed by atoms with Gasteiger partial charge in [0.2, 0.25) is 0 Å². The monoisotopic (exact) mass is 210 g/mol. The zero-order valence-corrected chi connectivity index (χ0v) is 8.77. The SMILES string of the molecule is CC(C)COc1cccc(N)c1[N+](=O)[O-]. The highest BCUT2D eigenvalue weighted by atomic mass is 16.6. The van der Waals surface area contributed by atoms with Crippen LogP contribution in [0.15, 0.2) is 18.2 Å². The third kappa shape index (κ3) is 2.83. The molecule has 1 aromatic rings. The van der Waals surface area contributed by atoms with E-state index >= 15 is 0 Å². The number of nitro benzene ring substituents is 1. The van der Waals surface area contributed by atoms with E-state index in [1.165, 1.54) is 6.07 Å². The van der Waals surface area contributed by atoms with Crippen LogP contribution in [-0.4, -0.2) is 11.5 Å². The third-order valence-corrected chi connectivity index (χ3v) is 1.78. The molecule has 0 atom stereocenters. The molecule has 0 unspecified atom stereocenters. The molecule has 0 saturated carbocycles. The van der Waals surface area contributed by atoms with Crippen molar-refractivity contribution in [3.05, 3.63) is 28.3 Å². The molecule has 0 heterocycles. The number of rotatable bonds is 4. The molecule has 15 heavy (non-hydrogen) atoms. The predicted molar refractivity (Wildman–Crippen MR) is 57.8 cm³/mol. The van der Waals surface area contributed by atoms with Crippen molar-refractivity contribution in [1.82, 2.24) is 0 Å². The fraction of sp³-hybridized carbons (Fsp3) is 0.400. The number of nitrogen functional groups attached to an aromatic ring is 1. The van der Waals surface area contributed by atoms with Gasteiger partial charge in [0.15, 0.2) is 5.75 Å². The molecule has 0 bridgehead atoms. The zero-order chi connectivity index (χ0) is 11.4. The Morgan fingerprint density at radius 2 is 2.20 bits per heavy atom. The summed E-state index contributed by atoms with van der Waals surface area (Å²) in [5, 5.41) is 10.7. The molecule has 1 rings (SSSR count). The molecule has 0 aliphatic rings. The lowest BCUT2D eigenvalue weighted by atomic mass is 10.2. The first kappa shape index (κ1) is 11.3. The molecule has 0 amide bonds. The summed E-state index contributed by atoms with van der Waals surface area (Å²) in [5.41, 5.74) is 5.48. The number of benzene rings is 1. The maximum Gasteiger partial charge on any atom is 0.333 e. The van der Waals surface area contributed by atoms with Crippen molar-refractivity contribution >= 4 is 11.4 Å². The second kappa shape index (κ2) is 4.63. The van der Waals surface area contributed by atoms with Gasteiger partial charge in [-0.1, -0.05) is 19.9 Å². The first-order valence-electron chi connectivity index (χ1n) is 4.68. The highest BCUT2D eigenvalue weighted by molar-refractivity contribution is 5.65. The van der Waals surface area contributed by atoms with E-state index in [0.29, 0.717) is 12.5 Å². The maximum atomic E-state index is 10.7. The molecular weight excluding hydrogens is 196 g/mol. The van der Waals surface area contributed by atoms with E-state index in [9.17, 15) is 10.1 Å². The number of hydrogen-bond acceptors (Lipinski definition) is 4. The molecule has 0 radical (unpaired) electrons. The van der Waals surface area contributed by atoms with E-state index in [2.05, 4.69) is 0 Å². The van der Waals surface area contributed by atoms with E-state index in [1.807, 2.05) is 13.8 Å². The first-order valence-corrected chi connectivity index (χ1v) is 4.68. The summed E-state index contributed by atoms with van der Waals surface area (Å²) in [4.78, 5) is 10.2. The van der Waals surface area contributed by atoms with Gasteiger partial charge in [0.05, 0.1) is 11.5 Å². The van der Waals surface area contributed by atoms with Crippen molar-refractivity contribution in [2.45, 2.75) is 13.8 Å². The van der Waals surface area contributed by atoms with Crippen LogP contribution in [0.3, 0.4) is 0 Å². The lowest BCUT2D eigenvalue weighted by Crippen LogP contribution is -2.07. The Bertz CT molecular complexity index is 364.